The van der Waals surface area contributed by atoms with Gasteiger partial charge in [0.2, 0.25) is 5.95 Å². The third-order valence-corrected chi connectivity index (χ3v) is 5.07. The van der Waals surface area contributed by atoms with Gasteiger partial charge >= 0.3 is 6.03 Å². The summed E-state index contributed by atoms with van der Waals surface area (Å²) in [5.41, 5.74) is 1.31. The van der Waals surface area contributed by atoms with Crippen LogP contribution in [0.1, 0.15) is 19.3 Å². The number of hydrogen-bond donors (Lipinski definition) is 2. The van der Waals surface area contributed by atoms with E-state index in [1.54, 1.807) is 6.20 Å². The smallest absolute Gasteiger partial charge is 0.323 e. The van der Waals surface area contributed by atoms with Crippen LogP contribution in [0, 0.1) is 0 Å². The van der Waals surface area contributed by atoms with E-state index >= 15 is 0 Å². The molecule has 0 spiro atoms. The van der Waals surface area contributed by atoms with E-state index in [1.807, 2.05) is 61.5 Å². The molecule has 0 saturated carbocycles. The van der Waals surface area contributed by atoms with E-state index in [4.69, 9.17) is 4.98 Å². The topological polar surface area (TPSA) is 73.4 Å². The molecule has 7 nitrogen and oxygen atoms in total. The van der Waals surface area contributed by atoms with Crippen molar-refractivity contribution in [2.24, 2.45) is 0 Å². The minimum atomic E-state index is -0.322. The van der Waals surface area contributed by atoms with Gasteiger partial charge in [-0.25, -0.2) is 9.78 Å². The Balaban J connectivity index is 1.50. The fourth-order valence-corrected chi connectivity index (χ4v) is 3.59. The van der Waals surface area contributed by atoms with Gasteiger partial charge in [-0.2, -0.15) is 4.98 Å². The third-order valence-electron chi connectivity index (χ3n) is 5.07. The zero-order chi connectivity index (χ0) is 20.2. The standard InChI is InChI=1S/C22H26N6O/c1-27(2)20-19(15-23-21(26-20)28-12-6-3-7-13-28)25-22(29)24-18-11-10-16-8-4-5-9-17(16)14-18/h4-5,8-11,14-15H,3,6-7,12-13H2,1-2H3,(H2,24,25,29). The second-order valence-electron chi connectivity index (χ2n) is 7.49. The largest absolute Gasteiger partial charge is 0.361 e. The first kappa shape index (κ1) is 19.0. The van der Waals surface area contributed by atoms with Crippen molar-refractivity contribution in [3.8, 4) is 0 Å². The molecule has 0 atom stereocenters. The molecule has 2 aromatic carbocycles. The molecule has 2 N–H and O–H groups in total. The lowest BCUT2D eigenvalue weighted by Gasteiger charge is -2.28. The summed E-state index contributed by atoms with van der Waals surface area (Å²) in [6.45, 7) is 1.95. The molecule has 0 bridgehead atoms. The van der Waals surface area contributed by atoms with Gasteiger partial charge in [-0.15, -0.1) is 0 Å². The molecule has 1 saturated heterocycles. The number of rotatable bonds is 4. The number of piperidine rings is 1. The Kier molecular flexibility index (Phi) is 5.46. The Hall–Kier alpha value is -3.35. The predicted molar refractivity (Wildman–Crippen MR) is 119 cm³/mol. The number of nitrogens with one attached hydrogen (secondary N) is 2. The monoisotopic (exact) mass is 390 g/mol. The highest BCUT2D eigenvalue weighted by Crippen LogP contribution is 2.26. The van der Waals surface area contributed by atoms with Crippen molar-refractivity contribution in [2.45, 2.75) is 19.3 Å². The highest BCUT2D eigenvalue weighted by atomic mass is 16.2. The number of nitrogens with zero attached hydrogens (tertiary/aromatic N) is 4. The van der Waals surface area contributed by atoms with E-state index in [9.17, 15) is 4.79 Å². The molecular weight excluding hydrogens is 364 g/mol. The van der Waals surface area contributed by atoms with Gasteiger partial charge in [-0.05, 0) is 42.2 Å². The lowest BCUT2D eigenvalue weighted by molar-refractivity contribution is 0.262. The minimum Gasteiger partial charge on any atom is -0.361 e. The van der Waals surface area contributed by atoms with Crippen LogP contribution < -0.4 is 20.4 Å². The molecule has 0 aliphatic carbocycles. The fraction of sp³-hybridized carbons (Fsp3) is 0.318. The van der Waals surface area contributed by atoms with Crippen molar-refractivity contribution >= 4 is 39.9 Å². The molecule has 7 heteroatoms. The van der Waals surface area contributed by atoms with E-state index in [-0.39, 0.29) is 6.03 Å². The van der Waals surface area contributed by atoms with Crippen molar-refractivity contribution in [2.75, 3.05) is 47.6 Å². The summed E-state index contributed by atoms with van der Waals surface area (Å²) >= 11 is 0. The van der Waals surface area contributed by atoms with Crippen molar-refractivity contribution < 1.29 is 4.79 Å². The van der Waals surface area contributed by atoms with E-state index in [1.165, 1.54) is 6.42 Å². The number of carbonyl (C=O) groups excluding carboxylic acids is 1. The number of urea groups is 1. The number of aromatic nitrogens is 2. The Labute approximate surface area is 170 Å². The van der Waals surface area contributed by atoms with Crippen molar-refractivity contribution in [1.29, 1.82) is 0 Å². The second-order valence-corrected chi connectivity index (χ2v) is 7.49. The molecule has 3 aromatic rings. The van der Waals surface area contributed by atoms with Crippen LogP contribution in [0.5, 0.6) is 0 Å². The number of fused-ring (bicyclic) bond motifs is 1. The van der Waals surface area contributed by atoms with Crippen LogP contribution in [0.15, 0.2) is 48.7 Å². The Morgan fingerprint density at radius 2 is 1.76 bits per heavy atom. The highest BCUT2D eigenvalue weighted by Gasteiger charge is 2.17. The van der Waals surface area contributed by atoms with Crippen LogP contribution in [0.25, 0.3) is 10.8 Å². The number of amides is 2. The van der Waals surface area contributed by atoms with Gasteiger partial charge in [-0.3, -0.25) is 0 Å². The Morgan fingerprint density at radius 3 is 2.52 bits per heavy atom. The maximum absolute atomic E-state index is 12.6. The van der Waals surface area contributed by atoms with Crippen LogP contribution in [-0.4, -0.2) is 43.2 Å². The van der Waals surface area contributed by atoms with Gasteiger partial charge in [0.05, 0.1) is 6.20 Å². The van der Waals surface area contributed by atoms with Crippen LogP contribution in [0.4, 0.5) is 27.9 Å². The minimum absolute atomic E-state index is 0.322. The highest BCUT2D eigenvalue weighted by molar-refractivity contribution is 6.02. The van der Waals surface area contributed by atoms with Crippen LogP contribution in [-0.2, 0) is 0 Å². The lowest BCUT2D eigenvalue weighted by Crippen LogP contribution is -2.31. The van der Waals surface area contributed by atoms with Crippen molar-refractivity contribution in [3.05, 3.63) is 48.7 Å². The van der Waals surface area contributed by atoms with Crippen LogP contribution >= 0.6 is 0 Å². The van der Waals surface area contributed by atoms with Crippen LogP contribution in [0.3, 0.4) is 0 Å². The number of benzene rings is 2. The first-order chi connectivity index (χ1) is 14.1. The van der Waals surface area contributed by atoms with Gasteiger partial charge in [0.15, 0.2) is 5.82 Å². The third kappa shape index (κ3) is 4.39. The summed E-state index contributed by atoms with van der Waals surface area (Å²) in [5, 5.41) is 7.99. The summed E-state index contributed by atoms with van der Waals surface area (Å²) < 4.78 is 0. The number of anilines is 4. The lowest BCUT2D eigenvalue weighted by atomic mass is 10.1. The molecule has 29 heavy (non-hydrogen) atoms. The van der Waals surface area contributed by atoms with Crippen molar-refractivity contribution in [1.82, 2.24) is 9.97 Å². The average Bonchev–Trinajstić information content (AvgIpc) is 2.74. The zero-order valence-electron chi connectivity index (χ0n) is 16.9. The summed E-state index contributed by atoms with van der Waals surface area (Å²) in [4.78, 5) is 25.9. The molecule has 1 aromatic heterocycles. The van der Waals surface area contributed by atoms with E-state index < -0.39 is 0 Å². The molecule has 2 heterocycles. The summed E-state index contributed by atoms with van der Waals surface area (Å²) in [7, 11) is 3.82. The van der Waals surface area contributed by atoms with E-state index in [0.29, 0.717) is 17.5 Å². The van der Waals surface area contributed by atoms with E-state index in [0.717, 1.165) is 42.4 Å². The summed E-state index contributed by atoms with van der Waals surface area (Å²) in [6.07, 6.45) is 5.27. The number of hydrogen-bond acceptors (Lipinski definition) is 5. The van der Waals surface area contributed by atoms with Gasteiger partial charge in [0, 0.05) is 32.9 Å². The Morgan fingerprint density at radius 1 is 1.00 bits per heavy atom. The van der Waals surface area contributed by atoms with Gasteiger partial charge < -0.3 is 20.4 Å². The first-order valence-electron chi connectivity index (χ1n) is 9.96. The zero-order valence-corrected chi connectivity index (χ0v) is 16.9. The molecule has 2 amide bonds. The van der Waals surface area contributed by atoms with Gasteiger partial charge in [-0.1, -0.05) is 30.3 Å². The second kappa shape index (κ2) is 8.34. The molecule has 0 radical (unpaired) electrons. The molecule has 1 aliphatic rings. The molecule has 150 valence electrons. The van der Waals surface area contributed by atoms with E-state index in [2.05, 4.69) is 20.5 Å². The normalized spacial score (nSPS) is 13.9. The number of carbonyl (C=O) groups is 1. The SMILES string of the molecule is CN(C)c1nc(N2CCCCC2)ncc1NC(=O)Nc1ccc2ccccc2c1. The Bertz CT molecular complexity index is 1010. The average molecular weight is 390 g/mol. The molecule has 0 unspecified atom stereocenters. The summed E-state index contributed by atoms with van der Waals surface area (Å²) in [6, 6.07) is 13.6. The molecule has 1 fully saturated rings. The maximum Gasteiger partial charge on any atom is 0.323 e. The molecule has 4 rings (SSSR count). The van der Waals surface area contributed by atoms with Gasteiger partial charge in [0.1, 0.15) is 5.69 Å². The predicted octanol–water partition coefficient (Wildman–Crippen LogP) is 4.33. The molecular formula is C22H26N6O. The quantitative estimate of drug-likeness (QED) is 0.694. The molecule has 1 aliphatic heterocycles. The fourth-order valence-electron chi connectivity index (χ4n) is 3.59. The first-order valence-corrected chi connectivity index (χ1v) is 9.96. The maximum atomic E-state index is 12.6. The van der Waals surface area contributed by atoms with Crippen LogP contribution in [0.2, 0.25) is 0 Å². The van der Waals surface area contributed by atoms with Gasteiger partial charge in [0.25, 0.3) is 0 Å². The van der Waals surface area contributed by atoms with Crippen molar-refractivity contribution in [3.63, 3.8) is 0 Å². The summed E-state index contributed by atoms with van der Waals surface area (Å²) in [5.74, 6) is 1.41.